The summed E-state index contributed by atoms with van der Waals surface area (Å²) in [4.78, 5) is 39.7. The van der Waals surface area contributed by atoms with E-state index in [1.165, 1.54) is 0 Å². The zero-order valence-corrected chi connectivity index (χ0v) is 16.9. The summed E-state index contributed by atoms with van der Waals surface area (Å²) in [6.07, 6.45) is 7.38. The second-order valence-electron chi connectivity index (χ2n) is 7.99. The van der Waals surface area contributed by atoms with Crippen molar-refractivity contribution in [3.63, 3.8) is 0 Å². The lowest BCUT2D eigenvalue weighted by atomic mass is 10.0. The maximum atomic E-state index is 13.2. The number of anilines is 2. The number of amides is 3. The van der Waals surface area contributed by atoms with Crippen LogP contribution in [0.3, 0.4) is 0 Å². The first-order valence-electron chi connectivity index (χ1n) is 10.6. The highest BCUT2D eigenvalue weighted by Crippen LogP contribution is 2.36. The molecule has 3 amide bonds. The SMILES string of the molecule is CCCCCNC(=O)c1ccc2c(c1)NC(=O)CC(C)N2C(=O)C1CCCC1. The summed E-state index contributed by atoms with van der Waals surface area (Å²) in [6.45, 7) is 4.67. The van der Waals surface area contributed by atoms with Gasteiger partial charge in [0.05, 0.1) is 11.4 Å². The number of hydrogen-bond donors (Lipinski definition) is 2. The van der Waals surface area contributed by atoms with Crippen molar-refractivity contribution in [3.8, 4) is 0 Å². The minimum absolute atomic E-state index is 0.0324. The summed E-state index contributed by atoms with van der Waals surface area (Å²) in [5, 5.41) is 5.81. The van der Waals surface area contributed by atoms with E-state index >= 15 is 0 Å². The Morgan fingerprint density at radius 3 is 2.68 bits per heavy atom. The second kappa shape index (κ2) is 9.22. The van der Waals surface area contributed by atoms with Gasteiger partial charge in [0.2, 0.25) is 11.8 Å². The first kappa shape index (κ1) is 20.4. The second-order valence-corrected chi connectivity index (χ2v) is 7.99. The summed E-state index contributed by atoms with van der Waals surface area (Å²) in [5.41, 5.74) is 1.73. The van der Waals surface area contributed by atoms with Crippen LogP contribution in [0.5, 0.6) is 0 Å². The maximum absolute atomic E-state index is 13.2. The van der Waals surface area contributed by atoms with Crippen LogP contribution in [0.25, 0.3) is 0 Å². The molecular formula is C22H31N3O3. The van der Waals surface area contributed by atoms with E-state index < -0.39 is 0 Å². The number of nitrogens with zero attached hydrogens (tertiary/aromatic N) is 1. The average molecular weight is 386 g/mol. The lowest BCUT2D eigenvalue weighted by Crippen LogP contribution is -2.42. The van der Waals surface area contributed by atoms with Gasteiger partial charge in [0.1, 0.15) is 0 Å². The van der Waals surface area contributed by atoms with Gasteiger partial charge in [-0.25, -0.2) is 0 Å². The molecule has 0 spiro atoms. The lowest BCUT2D eigenvalue weighted by molar-refractivity contribution is -0.122. The van der Waals surface area contributed by atoms with Gasteiger partial charge in [-0.3, -0.25) is 14.4 Å². The summed E-state index contributed by atoms with van der Waals surface area (Å²) in [7, 11) is 0. The Labute approximate surface area is 167 Å². The highest BCUT2D eigenvalue weighted by molar-refractivity contribution is 6.07. The van der Waals surface area contributed by atoms with Crippen LogP contribution in [0.1, 0.15) is 75.6 Å². The molecule has 6 nitrogen and oxygen atoms in total. The van der Waals surface area contributed by atoms with Crippen molar-refractivity contribution in [1.29, 1.82) is 0 Å². The summed E-state index contributed by atoms with van der Waals surface area (Å²) in [5.74, 6) is -0.153. The molecule has 1 aromatic carbocycles. The molecule has 2 N–H and O–H groups in total. The molecule has 28 heavy (non-hydrogen) atoms. The quantitative estimate of drug-likeness (QED) is 0.730. The van der Waals surface area contributed by atoms with Crippen LogP contribution in [0.4, 0.5) is 11.4 Å². The van der Waals surface area contributed by atoms with Crippen LogP contribution in [0, 0.1) is 5.92 Å². The fraction of sp³-hybridized carbons (Fsp3) is 0.591. The minimum atomic E-state index is -0.205. The molecule has 1 aromatic rings. The predicted molar refractivity (Wildman–Crippen MR) is 110 cm³/mol. The van der Waals surface area contributed by atoms with Gasteiger partial charge in [0.25, 0.3) is 5.91 Å². The van der Waals surface area contributed by atoms with Gasteiger partial charge in [-0.1, -0.05) is 32.6 Å². The molecule has 2 aliphatic rings. The van der Waals surface area contributed by atoms with Crippen LogP contribution in [0.2, 0.25) is 0 Å². The van der Waals surface area contributed by atoms with Gasteiger partial charge in [-0.15, -0.1) is 0 Å². The van der Waals surface area contributed by atoms with Crippen molar-refractivity contribution in [2.45, 2.75) is 71.3 Å². The maximum Gasteiger partial charge on any atom is 0.251 e. The van der Waals surface area contributed by atoms with Crippen LogP contribution in [0.15, 0.2) is 18.2 Å². The monoisotopic (exact) mass is 385 g/mol. The Bertz CT molecular complexity index is 741. The molecule has 0 aromatic heterocycles. The minimum Gasteiger partial charge on any atom is -0.352 e. The average Bonchev–Trinajstić information content (AvgIpc) is 3.17. The number of unbranched alkanes of at least 4 members (excludes halogenated alkanes) is 2. The molecule has 1 aliphatic heterocycles. The van der Waals surface area contributed by atoms with Crippen molar-refractivity contribution >= 4 is 29.1 Å². The fourth-order valence-corrected chi connectivity index (χ4v) is 4.17. The number of carbonyl (C=O) groups excluding carboxylic acids is 3. The van der Waals surface area contributed by atoms with E-state index in [4.69, 9.17) is 0 Å². The third-order valence-corrected chi connectivity index (χ3v) is 5.72. The van der Waals surface area contributed by atoms with Gasteiger partial charge in [0.15, 0.2) is 0 Å². The molecule has 0 bridgehead atoms. The van der Waals surface area contributed by atoms with E-state index in [0.717, 1.165) is 44.9 Å². The van der Waals surface area contributed by atoms with Crippen LogP contribution in [-0.2, 0) is 9.59 Å². The largest absolute Gasteiger partial charge is 0.352 e. The number of nitrogens with one attached hydrogen (secondary N) is 2. The van der Waals surface area contributed by atoms with Crippen LogP contribution < -0.4 is 15.5 Å². The summed E-state index contributed by atoms with van der Waals surface area (Å²) >= 11 is 0. The van der Waals surface area contributed by atoms with Gasteiger partial charge < -0.3 is 15.5 Å². The third kappa shape index (κ3) is 4.54. The molecule has 1 unspecified atom stereocenters. The number of fused-ring (bicyclic) bond motifs is 1. The topological polar surface area (TPSA) is 78.5 Å². The van der Waals surface area contributed by atoms with E-state index in [2.05, 4.69) is 17.6 Å². The van der Waals surface area contributed by atoms with Crippen molar-refractivity contribution in [3.05, 3.63) is 23.8 Å². The van der Waals surface area contributed by atoms with Gasteiger partial charge in [-0.2, -0.15) is 0 Å². The number of carbonyl (C=O) groups is 3. The Morgan fingerprint density at radius 2 is 1.96 bits per heavy atom. The Morgan fingerprint density at radius 1 is 1.21 bits per heavy atom. The number of rotatable bonds is 6. The predicted octanol–water partition coefficient (Wildman–Crippen LogP) is 3.86. The highest BCUT2D eigenvalue weighted by Gasteiger charge is 2.35. The number of hydrogen-bond acceptors (Lipinski definition) is 3. The molecule has 152 valence electrons. The Kier molecular flexibility index (Phi) is 6.70. The van der Waals surface area contributed by atoms with Gasteiger partial charge >= 0.3 is 0 Å². The van der Waals surface area contributed by atoms with Gasteiger partial charge in [-0.05, 0) is 44.4 Å². The molecule has 1 atom stereocenters. The zero-order valence-electron chi connectivity index (χ0n) is 16.9. The molecule has 6 heteroatoms. The molecule has 0 saturated heterocycles. The van der Waals surface area contributed by atoms with Crippen LogP contribution >= 0.6 is 0 Å². The van der Waals surface area contributed by atoms with E-state index in [0.29, 0.717) is 23.5 Å². The smallest absolute Gasteiger partial charge is 0.251 e. The Hall–Kier alpha value is -2.37. The molecule has 1 fully saturated rings. The van der Waals surface area contributed by atoms with Crippen molar-refractivity contribution in [2.24, 2.45) is 5.92 Å². The number of benzene rings is 1. The molecular weight excluding hydrogens is 354 g/mol. The first-order chi connectivity index (χ1) is 13.5. The zero-order chi connectivity index (χ0) is 20.1. The van der Waals surface area contributed by atoms with E-state index in [9.17, 15) is 14.4 Å². The van der Waals surface area contributed by atoms with Crippen molar-refractivity contribution < 1.29 is 14.4 Å². The summed E-state index contributed by atoms with van der Waals surface area (Å²) < 4.78 is 0. The summed E-state index contributed by atoms with van der Waals surface area (Å²) in [6, 6.07) is 5.02. The standard InChI is InChI=1S/C22H31N3O3/c1-3-4-7-12-23-21(27)17-10-11-19-18(14-17)24-20(26)13-15(2)25(19)22(28)16-8-5-6-9-16/h10-11,14-16H,3-9,12-13H2,1-2H3,(H,23,27)(H,24,26). The van der Waals surface area contributed by atoms with Crippen molar-refractivity contribution in [2.75, 3.05) is 16.8 Å². The van der Waals surface area contributed by atoms with E-state index in [1.54, 1.807) is 23.1 Å². The fourth-order valence-electron chi connectivity index (χ4n) is 4.17. The third-order valence-electron chi connectivity index (χ3n) is 5.72. The normalized spacial score (nSPS) is 19.7. The Balaban J connectivity index is 1.83. The first-order valence-corrected chi connectivity index (χ1v) is 10.6. The lowest BCUT2D eigenvalue weighted by Gasteiger charge is -2.30. The highest BCUT2D eigenvalue weighted by atomic mass is 16.2. The van der Waals surface area contributed by atoms with E-state index in [1.807, 2.05) is 6.92 Å². The molecule has 1 saturated carbocycles. The molecule has 3 rings (SSSR count). The molecule has 1 heterocycles. The van der Waals surface area contributed by atoms with Gasteiger partial charge in [0, 0.05) is 30.5 Å². The van der Waals surface area contributed by atoms with Crippen molar-refractivity contribution in [1.82, 2.24) is 5.32 Å². The molecule has 1 aliphatic carbocycles. The molecule has 0 radical (unpaired) electrons. The van der Waals surface area contributed by atoms with E-state index in [-0.39, 0.29) is 36.1 Å². The van der Waals surface area contributed by atoms with Crippen LogP contribution in [-0.4, -0.2) is 30.3 Å².